The molecule has 102 valence electrons. The third kappa shape index (κ3) is 3.45. The van der Waals surface area contributed by atoms with Gasteiger partial charge < -0.3 is 4.74 Å². The standard InChI is InChI=1S/C12H13NO5S/c14-12(9-5-6-18-7-9)8-19(17)11-3-1-10(2-4-11)13(15)16/h1-4,9H,5-8H2. The van der Waals surface area contributed by atoms with Crippen molar-refractivity contribution in [2.45, 2.75) is 11.3 Å². The highest BCUT2D eigenvalue weighted by Gasteiger charge is 2.25. The molecule has 1 saturated heterocycles. The summed E-state index contributed by atoms with van der Waals surface area (Å²) in [4.78, 5) is 22.2. The van der Waals surface area contributed by atoms with Gasteiger partial charge in [0.1, 0.15) is 0 Å². The first-order valence-corrected chi connectivity index (χ1v) is 7.13. The van der Waals surface area contributed by atoms with Gasteiger partial charge in [-0.3, -0.25) is 19.1 Å². The molecule has 2 atom stereocenters. The first kappa shape index (κ1) is 13.8. The normalized spacial score (nSPS) is 20.1. The van der Waals surface area contributed by atoms with Crippen LogP contribution in [0.15, 0.2) is 29.2 Å². The monoisotopic (exact) mass is 283 g/mol. The Kier molecular flexibility index (Phi) is 4.39. The zero-order valence-electron chi connectivity index (χ0n) is 10.1. The van der Waals surface area contributed by atoms with Crippen molar-refractivity contribution in [3.8, 4) is 0 Å². The summed E-state index contributed by atoms with van der Waals surface area (Å²) in [5.74, 6) is -0.303. The van der Waals surface area contributed by atoms with Crippen molar-refractivity contribution in [1.29, 1.82) is 0 Å². The number of ketones is 1. The van der Waals surface area contributed by atoms with Gasteiger partial charge in [0.2, 0.25) is 0 Å². The van der Waals surface area contributed by atoms with Gasteiger partial charge in [0.25, 0.3) is 5.69 Å². The highest BCUT2D eigenvalue weighted by molar-refractivity contribution is 7.85. The molecule has 0 amide bonds. The Morgan fingerprint density at radius 2 is 2.11 bits per heavy atom. The Bertz CT molecular complexity index is 507. The second-order valence-corrected chi connectivity index (χ2v) is 5.72. The fourth-order valence-corrected chi connectivity index (χ4v) is 2.94. The zero-order valence-corrected chi connectivity index (χ0v) is 10.9. The number of rotatable bonds is 5. The van der Waals surface area contributed by atoms with Gasteiger partial charge in [0.05, 0.1) is 28.1 Å². The molecule has 0 N–H and O–H groups in total. The molecule has 0 saturated carbocycles. The summed E-state index contributed by atoms with van der Waals surface area (Å²) >= 11 is 0. The van der Waals surface area contributed by atoms with Gasteiger partial charge >= 0.3 is 0 Å². The summed E-state index contributed by atoms with van der Waals surface area (Å²) in [5.41, 5.74) is -0.0590. The van der Waals surface area contributed by atoms with Gasteiger partial charge in [0.15, 0.2) is 5.78 Å². The van der Waals surface area contributed by atoms with E-state index in [-0.39, 0.29) is 23.1 Å². The topological polar surface area (TPSA) is 86.5 Å². The minimum Gasteiger partial charge on any atom is -0.381 e. The van der Waals surface area contributed by atoms with E-state index in [0.717, 1.165) is 0 Å². The van der Waals surface area contributed by atoms with Crippen LogP contribution in [0.3, 0.4) is 0 Å². The van der Waals surface area contributed by atoms with E-state index in [9.17, 15) is 19.1 Å². The number of nitro groups is 1. The van der Waals surface area contributed by atoms with E-state index < -0.39 is 15.7 Å². The number of non-ortho nitro benzene ring substituents is 1. The van der Waals surface area contributed by atoms with Crippen molar-refractivity contribution in [3.63, 3.8) is 0 Å². The molecule has 1 aromatic carbocycles. The van der Waals surface area contributed by atoms with Crippen LogP contribution in [0.1, 0.15) is 6.42 Å². The summed E-state index contributed by atoms with van der Waals surface area (Å²) < 4.78 is 17.1. The smallest absolute Gasteiger partial charge is 0.269 e. The number of hydrogen-bond acceptors (Lipinski definition) is 5. The molecule has 1 aliphatic rings. The molecule has 0 aliphatic carbocycles. The molecule has 2 unspecified atom stereocenters. The Morgan fingerprint density at radius 1 is 1.42 bits per heavy atom. The second kappa shape index (κ2) is 6.03. The van der Waals surface area contributed by atoms with Crippen LogP contribution in [0.2, 0.25) is 0 Å². The molecular weight excluding hydrogens is 270 g/mol. The Labute approximate surface area is 112 Å². The summed E-state index contributed by atoms with van der Waals surface area (Å²) in [6, 6.07) is 5.42. The molecule has 7 heteroatoms. The zero-order chi connectivity index (χ0) is 13.8. The van der Waals surface area contributed by atoms with Crippen LogP contribution in [0.5, 0.6) is 0 Å². The Balaban J connectivity index is 1.99. The molecule has 0 aromatic heterocycles. The largest absolute Gasteiger partial charge is 0.381 e. The molecular formula is C12H13NO5S. The van der Waals surface area contributed by atoms with Crippen molar-refractivity contribution in [2.75, 3.05) is 19.0 Å². The van der Waals surface area contributed by atoms with Crippen LogP contribution in [-0.2, 0) is 20.3 Å². The molecule has 19 heavy (non-hydrogen) atoms. The van der Waals surface area contributed by atoms with Crippen LogP contribution in [0, 0.1) is 16.0 Å². The van der Waals surface area contributed by atoms with Crippen molar-refractivity contribution in [2.24, 2.45) is 5.92 Å². The molecule has 0 spiro atoms. The van der Waals surface area contributed by atoms with Gasteiger partial charge in [-0.1, -0.05) is 0 Å². The second-order valence-electron chi connectivity index (χ2n) is 4.27. The summed E-state index contributed by atoms with van der Waals surface area (Å²) in [5, 5.41) is 10.5. The molecule has 1 heterocycles. The summed E-state index contributed by atoms with van der Waals surface area (Å²) in [6.45, 7) is 0.969. The third-order valence-electron chi connectivity index (χ3n) is 2.97. The minimum absolute atomic E-state index is 0.0590. The molecule has 2 rings (SSSR count). The average molecular weight is 283 g/mol. The van der Waals surface area contributed by atoms with Gasteiger partial charge in [-0.25, -0.2) is 0 Å². The van der Waals surface area contributed by atoms with Crippen LogP contribution in [0.4, 0.5) is 5.69 Å². The van der Waals surface area contributed by atoms with E-state index in [2.05, 4.69) is 0 Å². The number of nitro benzene ring substituents is 1. The van der Waals surface area contributed by atoms with E-state index in [1.807, 2.05) is 0 Å². The van der Waals surface area contributed by atoms with Gasteiger partial charge in [-0.2, -0.15) is 0 Å². The van der Waals surface area contributed by atoms with Crippen molar-refractivity contribution in [1.82, 2.24) is 0 Å². The predicted molar refractivity (Wildman–Crippen MR) is 68.3 cm³/mol. The predicted octanol–water partition coefficient (Wildman–Crippen LogP) is 1.31. The summed E-state index contributed by atoms with van der Waals surface area (Å²) in [6.07, 6.45) is 0.677. The first-order chi connectivity index (χ1) is 9.08. The van der Waals surface area contributed by atoms with Crippen molar-refractivity contribution < 1.29 is 18.7 Å². The lowest BCUT2D eigenvalue weighted by Gasteiger charge is -2.06. The third-order valence-corrected chi connectivity index (χ3v) is 4.31. The molecule has 0 radical (unpaired) electrons. The van der Waals surface area contributed by atoms with E-state index >= 15 is 0 Å². The van der Waals surface area contributed by atoms with E-state index in [1.165, 1.54) is 24.3 Å². The van der Waals surface area contributed by atoms with Gasteiger partial charge in [-0.15, -0.1) is 0 Å². The average Bonchev–Trinajstić information content (AvgIpc) is 2.92. The number of carbonyl (C=O) groups is 1. The molecule has 1 aromatic rings. The maximum Gasteiger partial charge on any atom is 0.269 e. The summed E-state index contributed by atoms with van der Waals surface area (Å²) in [7, 11) is -1.46. The lowest BCUT2D eigenvalue weighted by atomic mass is 10.1. The highest BCUT2D eigenvalue weighted by atomic mass is 32.2. The van der Waals surface area contributed by atoms with Crippen molar-refractivity contribution >= 4 is 22.3 Å². The van der Waals surface area contributed by atoms with Crippen LogP contribution in [0.25, 0.3) is 0 Å². The maximum absolute atomic E-state index is 12.0. The minimum atomic E-state index is -1.46. The Morgan fingerprint density at radius 3 is 2.63 bits per heavy atom. The molecule has 6 nitrogen and oxygen atoms in total. The maximum atomic E-state index is 12.0. The number of ether oxygens (including phenoxy) is 1. The highest BCUT2D eigenvalue weighted by Crippen LogP contribution is 2.18. The van der Waals surface area contributed by atoms with E-state index in [4.69, 9.17) is 4.74 Å². The molecule has 1 aliphatic heterocycles. The number of Topliss-reactive ketones (excluding diaryl/α,β-unsaturated/α-hetero) is 1. The quantitative estimate of drug-likeness (QED) is 0.600. The number of nitrogens with zero attached hydrogens (tertiary/aromatic N) is 1. The van der Waals surface area contributed by atoms with Crippen LogP contribution >= 0.6 is 0 Å². The lowest BCUT2D eigenvalue weighted by Crippen LogP contribution is -2.21. The fraction of sp³-hybridized carbons (Fsp3) is 0.417. The number of benzene rings is 1. The van der Waals surface area contributed by atoms with Crippen LogP contribution < -0.4 is 0 Å². The lowest BCUT2D eigenvalue weighted by molar-refractivity contribution is -0.384. The van der Waals surface area contributed by atoms with E-state index in [1.54, 1.807) is 0 Å². The van der Waals surface area contributed by atoms with Crippen molar-refractivity contribution in [3.05, 3.63) is 34.4 Å². The Hall–Kier alpha value is -1.60. The van der Waals surface area contributed by atoms with E-state index in [0.29, 0.717) is 24.5 Å². The molecule has 0 bridgehead atoms. The SMILES string of the molecule is O=C(CS(=O)c1ccc([N+](=O)[O-])cc1)C1CCOC1. The van der Waals surface area contributed by atoms with Crippen LogP contribution in [-0.4, -0.2) is 33.9 Å². The fourth-order valence-electron chi connectivity index (χ4n) is 1.84. The number of hydrogen-bond donors (Lipinski definition) is 0. The first-order valence-electron chi connectivity index (χ1n) is 5.81. The number of carbonyl (C=O) groups excluding carboxylic acids is 1. The van der Waals surface area contributed by atoms with Gasteiger partial charge in [0, 0.05) is 29.6 Å². The van der Waals surface area contributed by atoms with Gasteiger partial charge in [-0.05, 0) is 18.6 Å². The molecule has 1 fully saturated rings.